The summed E-state index contributed by atoms with van der Waals surface area (Å²) in [6, 6.07) is 9.39. The van der Waals surface area contributed by atoms with Crippen molar-refractivity contribution in [1.82, 2.24) is 0 Å². The third kappa shape index (κ3) is 1.85. The van der Waals surface area contributed by atoms with Gasteiger partial charge in [-0.2, -0.15) is 0 Å². The number of hydrogen-bond acceptors (Lipinski definition) is 3. The van der Waals surface area contributed by atoms with Gasteiger partial charge >= 0.3 is 0 Å². The largest absolute Gasteiger partial charge is 0.456 e. The van der Waals surface area contributed by atoms with Gasteiger partial charge in [0.1, 0.15) is 11.9 Å². The molecule has 0 aliphatic heterocycles. The maximum absolute atomic E-state index is 10.3. The SMILES string of the molecule is Cc1ccsc1C(O)c1cc2cccc(Cl)c2o1. The molecule has 1 N–H and O–H groups in total. The van der Waals surface area contributed by atoms with E-state index in [1.165, 1.54) is 11.3 Å². The number of hydrogen-bond donors (Lipinski definition) is 1. The van der Waals surface area contributed by atoms with Crippen LogP contribution in [0.3, 0.4) is 0 Å². The van der Waals surface area contributed by atoms with Crippen LogP contribution < -0.4 is 0 Å². The molecular weight excluding hydrogens is 268 g/mol. The molecule has 92 valence electrons. The number of fused-ring (bicyclic) bond motifs is 1. The van der Waals surface area contributed by atoms with Gasteiger partial charge in [-0.15, -0.1) is 11.3 Å². The zero-order valence-corrected chi connectivity index (χ0v) is 11.3. The predicted molar refractivity (Wildman–Crippen MR) is 74.3 cm³/mol. The lowest BCUT2D eigenvalue weighted by molar-refractivity contribution is 0.195. The fourth-order valence-corrected chi connectivity index (χ4v) is 3.11. The number of aryl methyl sites for hydroxylation is 1. The maximum Gasteiger partial charge on any atom is 0.153 e. The summed E-state index contributed by atoms with van der Waals surface area (Å²) < 4.78 is 5.66. The van der Waals surface area contributed by atoms with Gasteiger partial charge in [0, 0.05) is 10.3 Å². The highest BCUT2D eigenvalue weighted by atomic mass is 35.5. The van der Waals surface area contributed by atoms with Gasteiger partial charge in [-0.25, -0.2) is 0 Å². The van der Waals surface area contributed by atoms with Crippen LogP contribution in [0.25, 0.3) is 11.0 Å². The van der Waals surface area contributed by atoms with Crippen molar-refractivity contribution in [1.29, 1.82) is 0 Å². The summed E-state index contributed by atoms with van der Waals surface area (Å²) in [5.41, 5.74) is 1.70. The van der Waals surface area contributed by atoms with E-state index in [4.69, 9.17) is 16.0 Å². The van der Waals surface area contributed by atoms with E-state index in [-0.39, 0.29) is 0 Å². The molecule has 0 bridgehead atoms. The molecule has 0 radical (unpaired) electrons. The molecule has 0 aliphatic rings. The van der Waals surface area contributed by atoms with Crippen LogP contribution in [0.1, 0.15) is 22.3 Å². The van der Waals surface area contributed by atoms with E-state index in [2.05, 4.69) is 0 Å². The number of para-hydroxylation sites is 1. The van der Waals surface area contributed by atoms with Gasteiger partial charge in [0.15, 0.2) is 5.58 Å². The Kier molecular flexibility index (Phi) is 2.90. The number of furan rings is 1. The molecule has 0 saturated heterocycles. The maximum atomic E-state index is 10.3. The van der Waals surface area contributed by atoms with E-state index >= 15 is 0 Å². The molecule has 0 amide bonds. The van der Waals surface area contributed by atoms with Crippen molar-refractivity contribution in [2.75, 3.05) is 0 Å². The molecule has 1 aromatic carbocycles. The monoisotopic (exact) mass is 278 g/mol. The second-order valence-corrected chi connectivity index (χ2v) is 5.53. The van der Waals surface area contributed by atoms with E-state index in [1.807, 2.05) is 36.6 Å². The lowest BCUT2D eigenvalue weighted by Gasteiger charge is -2.06. The van der Waals surface area contributed by atoms with Crippen LogP contribution in [0.2, 0.25) is 5.02 Å². The third-order valence-corrected chi connectivity index (χ3v) is 4.30. The van der Waals surface area contributed by atoms with Crippen molar-refractivity contribution < 1.29 is 9.52 Å². The van der Waals surface area contributed by atoms with E-state index in [0.717, 1.165) is 15.8 Å². The van der Waals surface area contributed by atoms with Gasteiger partial charge < -0.3 is 9.52 Å². The number of thiophene rings is 1. The highest BCUT2D eigenvalue weighted by Crippen LogP contribution is 2.34. The van der Waals surface area contributed by atoms with Crippen molar-refractivity contribution in [2.45, 2.75) is 13.0 Å². The first-order valence-corrected chi connectivity index (χ1v) is 6.82. The van der Waals surface area contributed by atoms with Gasteiger partial charge in [0.2, 0.25) is 0 Å². The minimum atomic E-state index is -0.728. The minimum absolute atomic E-state index is 0.531. The van der Waals surface area contributed by atoms with Crippen molar-refractivity contribution in [3.05, 3.63) is 56.9 Å². The fourth-order valence-electron chi connectivity index (χ4n) is 1.98. The normalized spacial score (nSPS) is 13.1. The topological polar surface area (TPSA) is 33.4 Å². The van der Waals surface area contributed by atoms with E-state index in [9.17, 15) is 5.11 Å². The Morgan fingerprint density at radius 1 is 1.33 bits per heavy atom. The first-order valence-electron chi connectivity index (χ1n) is 5.57. The van der Waals surface area contributed by atoms with Gasteiger partial charge in [-0.3, -0.25) is 0 Å². The molecule has 2 aromatic heterocycles. The molecule has 0 aliphatic carbocycles. The number of halogens is 1. The number of benzene rings is 1. The Bertz CT molecular complexity index is 699. The predicted octanol–water partition coefficient (Wildman–Crippen LogP) is 4.54. The molecule has 0 saturated carbocycles. The van der Waals surface area contributed by atoms with Gasteiger partial charge in [-0.1, -0.05) is 23.7 Å². The summed E-state index contributed by atoms with van der Waals surface area (Å²) in [5.74, 6) is 0.531. The number of rotatable bonds is 2. The standard InChI is InChI=1S/C14H11ClO2S/c1-8-5-6-18-14(8)12(16)11-7-9-3-2-4-10(15)13(9)17-11/h2-7,12,16H,1H3. The molecular formula is C14H11ClO2S. The molecule has 0 fully saturated rings. The van der Waals surface area contributed by atoms with Crippen LogP contribution in [0, 0.1) is 6.92 Å². The fraction of sp³-hybridized carbons (Fsp3) is 0.143. The van der Waals surface area contributed by atoms with Gasteiger partial charge in [-0.05, 0) is 36.1 Å². The Hall–Kier alpha value is -1.29. The van der Waals surface area contributed by atoms with Gasteiger partial charge in [0.05, 0.1) is 5.02 Å². The Morgan fingerprint density at radius 2 is 2.17 bits per heavy atom. The summed E-state index contributed by atoms with van der Waals surface area (Å²) in [5, 5.41) is 13.8. The summed E-state index contributed by atoms with van der Waals surface area (Å²) >= 11 is 7.58. The van der Waals surface area contributed by atoms with E-state index in [1.54, 1.807) is 6.07 Å². The van der Waals surface area contributed by atoms with Crippen LogP contribution >= 0.6 is 22.9 Å². The van der Waals surface area contributed by atoms with Crippen molar-refractivity contribution in [3.8, 4) is 0 Å². The lowest BCUT2D eigenvalue weighted by Crippen LogP contribution is -1.96. The molecule has 1 unspecified atom stereocenters. The number of aliphatic hydroxyl groups excluding tert-OH is 1. The Labute approximate surface area is 113 Å². The zero-order valence-electron chi connectivity index (χ0n) is 9.68. The molecule has 3 aromatic rings. The molecule has 18 heavy (non-hydrogen) atoms. The first kappa shape index (κ1) is 11.8. The average Bonchev–Trinajstić information content (AvgIpc) is 2.95. The Morgan fingerprint density at radius 3 is 2.83 bits per heavy atom. The molecule has 3 rings (SSSR count). The third-order valence-electron chi connectivity index (χ3n) is 2.93. The average molecular weight is 279 g/mol. The molecule has 2 nitrogen and oxygen atoms in total. The molecule has 1 atom stereocenters. The van der Waals surface area contributed by atoms with Crippen molar-refractivity contribution in [2.24, 2.45) is 0 Å². The zero-order chi connectivity index (χ0) is 12.7. The smallest absolute Gasteiger partial charge is 0.153 e. The van der Waals surface area contributed by atoms with E-state index in [0.29, 0.717) is 16.4 Å². The highest BCUT2D eigenvalue weighted by Gasteiger charge is 2.19. The summed E-state index contributed by atoms with van der Waals surface area (Å²) in [7, 11) is 0. The highest BCUT2D eigenvalue weighted by molar-refractivity contribution is 7.10. The van der Waals surface area contributed by atoms with Crippen molar-refractivity contribution in [3.63, 3.8) is 0 Å². The van der Waals surface area contributed by atoms with Crippen LogP contribution in [-0.4, -0.2) is 5.11 Å². The molecule has 2 heterocycles. The van der Waals surface area contributed by atoms with Gasteiger partial charge in [0.25, 0.3) is 0 Å². The van der Waals surface area contributed by atoms with Crippen LogP contribution in [-0.2, 0) is 0 Å². The number of aliphatic hydroxyl groups is 1. The molecule has 4 heteroatoms. The summed E-state index contributed by atoms with van der Waals surface area (Å²) in [6.07, 6.45) is -0.728. The second-order valence-electron chi connectivity index (χ2n) is 4.18. The summed E-state index contributed by atoms with van der Waals surface area (Å²) in [6.45, 7) is 1.98. The van der Waals surface area contributed by atoms with E-state index < -0.39 is 6.10 Å². The van der Waals surface area contributed by atoms with Crippen LogP contribution in [0.4, 0.5) is 0 Å². The van der Waals surface area contributed by atoms with Crippen LogP contribution in [0.15, 0.2) is 40.1 Å². The quantitative estimate of drug-likeness (QED) is 0.747. The summed E-state index contributed by atoms with van der Waals surface area (Å²) in [4.78, 5) is 0.908. The molecule has 0 spiro atoms. The minimum Gasteiger partial charge on any atom is -0.456 e. The van der Waals surface area contributed by atoms with Crippen LogP contribution in [0.5, 0.6) is 0 Å². The first-order chi connectivity index (χ1) is 8.66. The Balaban J connectivity index is 2.10. The second kappa shape index (κ2) is 4.43. The lowest BCUT2D eigenvalue weighted by atomic mass is 10.1. The van der Waals surface area contributed by atoms with Crippen molar-refractivity contribution >= 4 is 33.9 Å².